The monoisotopic (exact) mass is 386 g/mol. The van der Waals surface area contributed by atoms with Crippen LogP contribution in [0.5, 0.6) is 5.75 Å². The summed E-state index contributed by atoms with van der Waals surface area (Å²) in [7, 11) is 0. The molecule has 0 fully saturated rings. The zero-order valence-corrected chi connectivity index (χ0v) is 15.9. The Morgan fingerprint density at radius 3 is 2.21 bits per heavy atom. The lowest BCUT2D eigenvalue weighted by atomic mass is 10.1. The van der Waals surface area contributed by atoms with Gasteiger partial charge in [0.2, 0.25) is 0 Å². The second-order valence-corrected chi connectivity index (χ2v) is 7.06. The van der Waals surface area contributed by atoms with Crippen molar-refractivity contribution in [3.05, 3.63) is 70.3 Å². The quantitative estimate of drug-likeness (QED) is 0.461. The number of rotatable bonds is 6. The minimum atomic E-state index is -0.952. The molecule has 0 saturated carbocycles. The fourth-order valence-corrected chi connectivity index (χ4v) is 2.33. The van der Waals surface area contributed by atoms with E-state index in [2.05, 4.69) is 5.32 Å². The Kier molecular flexibility index (Phi) is 6.70. The number of esters is 1. The van der Waals surface area contributed by atoms with E-state index in [0.29, 0.717) is 0 Å². The van der Waals surface area contributed by atoms with Gasteiger partial charge in [0, 0.05) is 18.6 Å². The number of hydrogen-bond donors (Lipinski definition) is 1. The Morgan fingerprint density at radius 1 is 1.07 bits per heavy atom. The standard InChI is InChI=1S/C20H22N2O6/c1-20(2,3)28-18(23)17(13-14-7-5-4-6-8-14)21-19(24)27-16-11-9-15(10-12-16)22(25)26/h4-12,17H,13H2,1-3H3,(H,21,24)/t17-/m0/s1. The summed E-state index contributed by atoms with van der Waals surface area (Å²) in [6.45, 7) is 5.21. The lowest BCUT2D eigenvalue weighted by Gasteiger charge is -2.24. The molecule has 0 aliphatic rings. The lowest BCUT2D eigenvalue weighted by molar-refractivity contribution is -0.384. The molecule has 0 aromatic heterocycles. The van der Waals surface area contributed by atoms with E-state index < -0.39 is 28.6 Å². The van der Waals surface area contributed by atoms with E-state index in [-0.39, 0.29) is 17.9 Å². The van der Waals surface area contributed by atoms with Crippen LogP contribution < -0.4 is 10.1 Å². The van der Waals surface area contributed by atoms with E-state index in [1.54, 1.807) is 20.8 Å². The lowest BCUT2D eigenvalue weighted by Crippen LogP contribution is -2.46. The van der Waals surface area contributed by atoms with Crippen molar-refractivity contribution in [1.29, 1.82) is 0 Å². The predicted octanol–water partition coefficient (Wildman–Crippen LogP) is 3.64. The Bertz CT molecular complexity index is 828. The first-order chi connectivity index (χ1) is 13.1. The van der Waals surface area contributed by atoms with Crippen LogP contribution >= 0.6 is 0 Å². The van der Waals surface area contributed by atoms with E-state index in [1.165, 1.54) is 24.3 Å². The molecule has 8 heteroatoms. The maximum absolute atomic E-state index is 12.5. The third-order valence-electron chi connectivity index (χ3n) is 3.52. The van der Waals surface area contributed by atoms with Gasteiger partial charge in [0.05, 0.1) is 4.92 Å². The normalized spacial score (nSPS) is 12.0. The molecule has 0 unspecified atom stereocenters. The summed E-state index contributed by atoms with van der Waals surface area (Å²) < 4.78 is 10.5. The molecule has 2 aromatic carbocycles. The number of nitro groups is 1. The first-order valence-corrected chi connectivity index (χ1v) is 8.63. The topological polar surface area (TPSA) is 108 Å². The van der Waals surface area contributed by atoms with Crippen LogP contribution in [0.2, 0.25) is 0 Å². The van der Waals surface area contributed by atoms with Crippen LogP contribution in [0.25, 0.3) is 0 Å². The molecule has 0 bridgehead atoms. The highest BCUT2D eigenvalue weighted by Crippen LogP contribution is 2.18. The number of non-ortho nitro benzene ring substituents is 1. The molecule has 0 spiro atoms. The van der Waals surface area contributed by atoms with Gasteiger partial charge in [-0.05, 0) is 38.5 Å². The Labute approximate surface area is 162 Å². The first kappa shape index (κ1) is 20.9. The number of nitrogens with one attached hydrogen (secondary N) is 1. The molecule has 2 aromatic rings. The summed E-state index contributed by atoms with van der Waals surface area (Å²) in [6, 6.07) is 13.3. The smallest absolute Gasteiger partial charge is 0.413 e. The molecular formula is C20H22N2O6. The van der Waals surface area contributed by atoms with Crippen molar-refractivity contribution in [3.63, 3.8) is 0 Å². The van der Waals surface area contributed by atoms with Crippen molar-refractivity contribution < 1.29 is 24.0 Å². The van der Waals surface area contributed by atoms with Crippen LogP contribution in [0, 0.1) is 10.1 Å². The second kappa shape index (κ2) is 8.98. The maximum atomic E-state index is 12.5. The fraction of sp³-hybridized carbons (Fsp3) is 0.300. The molecule has 1 atom stereocenters. The number of nitrogens with zero attached hydrogens (tertiary/aromatic N) is 1. The summed E-state index contributed by atoms with van der Waals surface area (Å²) in [5.74, 6) is -0.470. The molecule has 148 valence electrons. The highest BCUT2D eigenvalue weighted by Gasteiger charge is 2.27. The summed E-state index contributed by atoms with van der Waals surface area (Å²) in [5.41, 5.74) is 0.00754. The highest BCUT2D eigenvalue weighted by molar-refractivity contribution is 5.82. The molecular weight excluding hydrogens is 364 g/mol. The van der Waals surface area contributed by atoms with Gasteiger partial charge in [-0.1, -0.05) is 30.3 Å². The Morgan fingerprint density at radius 2 is 1.68 bits per heavy atom. The van der Waals surface area contributed by atoms with Gasteiger partial charge in [0.15, 0.2) is 0 Å². The number of nitro benzene ring substituents is 1. The van der Waals surface area contributed by atoms with Gasteiger partial charge in [-0.15, -0.1) is 0 Å². The van der Waals surface area contributed by atoms with Crippen LogP contribution in [-0.4, -0.2) is 28.6 Å². The van der Waals surface area contributed by atoms with Gasteiger partial charge in [-0.25, -0.2) is 9.59 Å². The molecule has 1 N–H and O–H groups in total. The van der Waals surface area contributed by atoms with E-state index in [0.717, 1.165) is 5.56 Å². The van der Waals surface area contributed by atoms with Crippen LogP contribution in [0.3, 0.4) is 0 Å². The SMILES string of the molecule is CC(C)(C)OC(=O)[C@H](Cc1ccccc1)NC(=O)Oc1ccc([N+](=O)[O-])cc1. The third kappa shape index (κ3) is 6.71. The van der Waals surface area contributed by atoms with Gasteiger partial charge in [0.25, 0.3) is 5.69 Å². The van der Waals surface area contributed by atoms with Crippen molar-refractivity contribution in [2.24, 2.45) is 0 Å². The average molecular weight is 386 g/mol. The van der Waals surface area contributed by atoms with E-state index in [4.69, 9.17) is 9.47 Å². The number of amides is 1. The minimum absolute atomic E-state index is 0.116. The number of carbonyl (C=O) groups excluding carboxylic acids is 2. The van der Waals surface area contributed by atoms with Crippen LogP contribution in [0.4, 0.5) is 10.5 Å². The molecule has 0 aliphatic heterocycles. The molecule has 28 heavy (non-hydrogen) atoms. The molecule has 8 nitrogen and oxygen atoms in total. The van der Waals surface area contributed by atoms with Crippen LogP contribution in [0.15, 0.2) is 54.6 Å². The van der Waals surface area contributed by atoms with Crippen molar-refractivity contribution in [2.75, 3.05) is 0 Å². The third-order valence-corrected chi connectivity index (χ3v) is 3.52. The van der Waals surface area contributed by atoms with E-state index >= 15 is 0 Å². The fourth-order valence-electron chi connectivity index (χ4n) is 2.33. The average Bonchev–Trinajstić information content (AvgIpc) is 2.61. The minimum Gasteiger partial charge on any atom is -0.458 e. The molecule has 0 heterocycles. The van der Waals surface area contributed by atoms with E-state index in [9.17, 15) is 19.7 Å². The number of carbonyl (C=O) groups is 2. The largest absolute Gasteiger partial charge is 0.458 e. The van der Waals surface area contributed by atoms with Crippen molar-refractivity contribution in [1.82, 2.24) is 5.32 Å². The summed E-state index contributed by atoms with van der Waals surface area (Å²) in [4.78, 5) is 34.9. The van der Waals surface area contributed by atoms with Crippen molar-refractivity contribution in [2.45, 2.75) is 38.8 Å². The van der Waals surface area contributed by atoms with Crippen LogP contribution in [0.1, 0.15) is 26.3 Å². The number of benzene rings is 2. The van der Waals surface area contributed by atoms with Gasteiger partial charge in [-0.2, -0.15) is 0 Å². The summed E-state index contributed by atoms with van der Waals surface area (Å²) in [5, 5.41) is 13.2. The van der Waals surface area contributed by atoms with Crippen molar-refractivity contribution in [3.8, 4) is 5.75 Å². The van der Waals surface area contributed by atoms with Gasteiger partial charge in [0.1, 0.15) is 17.4 Å². The Balaban J connectivity index is 2.08. The van der Waals surface area contributed by atoms with Gasteiger partial charge < -0.3 is 14.8 Å². The Hall–Kier alpha value is -3.42. The molecule has 0 saturated heterocycles. The summed E-state index contributed by atoms with van der Waals surface area (Å²) >= 11 is 0. The second-order valence-electron chi connectivity index (χ2n) is 7.06. The van der Waals surface area contributed by atoms with Gasteiger partial charge >= 0.3 is 12.1 Å². The number of ether oxygens (including phenoxy) is 2. The maximum Gasteiger partial charge on any atom is 0.413 e. The van der Waals surface area contributed by atoms with Gasteiger partial charge in [-0.3, -0.25) is 10.1 Å². The molecule has 0 radical (unpaired) electrons. The highest BCUT2D eigenvalue weighted by atomic mass is 16.6. The van der Waals surface area contributed by atoms with Crippen molar-refractivity contribution >= 4 is 17.7 Å². The van der Waals surface area contributed by atoms with E-state index in [1.807, 2.05) is 30.3 Å². The summed E-state index contributed by atoms with van der Waals surface area (Å²) in [6.07, 6.45) is -0.633. The zero-order valence-electron chi connectivity index (χ0n) is 15.9. The molecule has 2 rings (SSSR count). The zero-order chi connectivity index (χ0) is 20.7. The predicted molar refractivity (Wildman–Crippen MR) is 102 cm³/mol. The molecule has 0 aliphatic carbocycles. The molecule has 1 amide bonds. The number of hydrogen-bond acceptors (Lipinski definition) is 6. The first-order valence-electron chi connectivity index (χ1n) is 8.63. The van der Waals surface area contributed by atoms with Crippen LogP contribution in [-0.2, 0) is 16.0 Å².